The average Bonchev–Trinajstić information content (AvgIpc) is 2.35. The van der Waals surface area contributed by atoms with Gasteiger partial charge in [0.15, 0.2) is 5.82 Å². The molecule has 18 heavy (non-hydrogen) atoms. The lowest BCUT2D eigenvalue weighted by Crippen LogP contribution is -2.13. The fourth-order valence-corrected chi connectivity index (χ4v) is 1.51. The Balaban J connectivity index is 2.24. The number of rotatable bonds is 2. The van der Waals surface area contributed by atoms with Crippen LogP contribution in [-0.2, 0) is 0 Å². The first kappa shape index (κ1) is 12.4. The van der Waals surface area contributed by atoms with Crippen LogP contribution >= 0.6 is 11.6 Å². The van der Waals surface area contributed by atoms with Crippen molar-refractivity contribution in [2.45, 2.75) is 0 Å². The average molecular weight is 269 g/mol. The highest BCUT2D eigenvalue weighted by Gasteiger charge is 2.11. The number of hydrogen-bond donors (Lipinski definition) is 1. The lowest BCUT2D eigenvalue weighted by Gasteiger charge is -2.07. The minimum atomic E-state index is -0.783. The summed E-state index contributed by atoms with van der Waals surface area (Å²) in [5.74, 6) is -2.16. The molecule has 0 fully saturated rings. The number of hydrogen-bond acceptors (Lipinski definition) is 2. The van der Waals surface area contributed by atoms with Gasteiger partial charge in [0.05, 0.1) is 10.7 Å². The van der Waals surface area contributed by atoms with Gasteiger partial charge in [-0.2, -0.15) is 4.39 Å². The van der Waals surface area contributed by atoms with Crippen LogP contribution in [0.3, 0.4) is 0 Å². The predicted octanol–water partition coefficient (Wildman–Crippen LogP) is 3.27. The molecule has 1 aromatic heterocycles. The highest BCUT2D eigenvalue weighted by atomic mass is 35.5. The van der Waals surface area contributed by atoms with Crippen molar-refractivity contribution in [1.29, 1.82) is 0 Å². The quantitative estimate of drug-likeness (QED) is 0.850. The zero-order valence-electron chi connectivity index (χ0n) is 8.95. The molecule has 1 N–H and O–H groups in total. The van der Waals surface area contributed by atoms with Gasteiger partial charge < -0.3 is 5.32 Å². The van der Waals surface area contributed by atoms with Gasteiger partial charge in [0, 0.05) is 17.8 Å². The molecule has 0 radical (unpaired) electrons. The number of nitrogens with zero attached hydrogens (tertiary/aromatic N) is 1. The first-order valence-electron chi connectivity index (χ1n) is 4.95. The van der Waals surface area contributed by atoms with E-state index in [9.17, 15) is 13.6 Å². The molecule has 0 spiro atoms. The molecule has 2 aromatic rings. The van der Waals surface area contributed by atoms with E-state index < -0.39 is 17.7 Å². The highest BCUT2D eigenvalue weighted by Crippen LogP contribution is 2.22. The first-order chi connectivity index (χ1) is 8.58. The van der Waals surface area contributed by atoms with E-state index >= 15 is 0 Å². The van der Waals surface area contributed by atoms with E-state index in [0.717, 1.165) is 12.3 Å². The number of aromatic nitrogens is 1. The Hall–Kier alpha value is -2.01. The maximum atomic E-state index is 13.5. The number of amides is 1. The van der Waals surface area contributed by atoms with Crippen molar-refractivity contribution in [3.05, 3.63) is 58.9 Å². The van der Waals surface area contributed by atoms with Crippen LogP contribution in [0.2, 0.25) is 5.02 Å². The van der Waals surface area contributed by atoms with Crippen molar-refractivity contribution in [2.24, 2.45) is 0 Å². The van der Waals surface area contributed by atoms with Crippen molar-refractivity contribution in [2.75, 3.05) is 5.32 Å². The Morgan fingerprint density at radius 1 is 1.28 bits per heavy atom. The molecule has 0 aliphatic heterocycles. The fourth-order valence-electron chi connectivity index (χ4n) is 1.34. The third-order valence-electron chi connectivity index (χ3n) is 2.19. The van der Waals surface area contributed by atoms with Crippen LogP contribution in [0.15, 0.2) is 36.5 Å². The highest BCUT2D eigenvalue weighted by molar-refractivity contribution is 6.31. The number of halogens is 3. The minimum Gasteiger partial charge on any atom is -0.319 e. The van der Waals surface area contributed by atoms with Gasteiger partial charge in [0.25, 0.3) is 5.91 Å². The Bertz CT molecular complexity index is 604. The van der Waals surface area contributed by atoms with Crippen LogP contribution in [0.5, 0.6) is 0 Å². The van der Waals surface area contributed by atoms with E-state index in [1.165, 1.54) is 24.3 Å². The standard InChI is InChI=1S/C12H7ClF2N2O/c13-8-2-1-3-9(11(8)15)17-12(18)7-4-5-16-10(14)6-7/h1-6H,(H,17,18). The number of nitrogens with one attached hydrogen (secondary N) is 1. The molecule has 3 nitrogen and oxygen atoms in total. The summed E-state index contributed by atoms with van der Waals surface area (Å²) in [6, 6.07) is 6.49. The van der Waals surface area contributed by atoms with E-state index in [4.69, 9.17) is 11.6 Å². The normalized spacial score (nSPS) is 10.2. The van der Waals surface area contributed by atoms with Crippen LogP contribution < -0.4 is 5.32 Å². The molecule has 2 rings (SSSR count). The topological polar surface area (TPSA) is 42.0 Å². The molecular formula is C12H7ClF2N2O. The summed E-state index contributed by atoms with van der Waals surface area (Å²) in [6.45, 7) is 0. The Morgan fingerprint density at radius 2 is 2.06 bits per heavy atom. The monoisotopic (exact) mass is 268 g/mol. The number of pyridine rings is 1. The SMILES string of the molecule is O=C(Nc1cccc(Cl)c1F)c1ccnc(F)c1. The van der Waals surface area contributed by atoms with Crippen LogP contribution in [0, 0.1) is 11.8 Å². The molecule has 0 bridgehead atoms. The predicted molar refractivity (Wildman–Crippen MR) is 63.6 cm³/mol. The third-order valence-corrected chi connectivity index (χ3v) is 2.48. The first-order valence-corrected chi connectivity index (χ1v) is 5.32. The van der Waals surface area contributed by atoms with Gasteiger partial charge in [-0.3, -0.25) is 4.79 Å². The van der Waals surface area contributed by atoms with Crippen LogP contribution in [0.25, 0.3) is 0 Å². The molecule has 0 unspecified atom stereocenters. The van der Waals surface area contributed by atoms with Crippen molar-refractivity contribution < 1.29 is 13.6 Å². The molecule has 0 saturated carbocycles. The van der Waals surface area contributed by atoms with Crippen LogP contribution in [-0.4, -0.2) is 10.9 Å². The summed E-state index contributed by atoms with van der Waals surface area (Å²) < 4.78 is 26.3. The molecule has 92 valence electrons. The largest absolute Gasteiger partial charge is 0.319 e. The van der Waals surface area contributed by atoms with E-state index in [1.807, 2.05) is 0 Å². The van der Waals surface area contributed by atoms with Crippen molar-refractivity contribution in [3.63, 3.8) is 0 Å². The van der Waals surface area contributed by atoms with Gasteiger partial charge >= 0.3 is 0 Å². The summed E-state index contributed by atoms with van der Waals surface area (Å²) >= 11 is 5.57. The zero-order valence-corrected chi connectivity index (χ0v) is 9.71. The van der Waals surface area contributed by atoms with Crippen molar-refractivity contribution in [3.8, 4) is 0 Å². The number of benzene rings is 1. The summed E-state index contributed by atoms with van der Waals surface area (Å²) in [4.78, 5) is 15.0. The summed E-state index contributed by atoms with van der Waals surface area (Å²) in [5.41, 5.74) is -0.0217. The van der Waals surface area contributed by atoms with Crippen molar-refractivity contribution >= 4 is 23.2 Å². The van der Waals surface area contributed by atoms with Gasteiger partial charge in [-0.1, -0.05) is 17.7 Å². The second kappa shape index (κ2) is 5.10. The van der Waals surface area contributed by atoms with Crippen LogP contribution in [0.4, 0.5) is 14.5 Å². The Labute approximate surface area is 106 Å². The molecule has 1 heterocycles. The van der Waals surface area contributed by atoms with Gasteiger partial charge in [-0.25, -0.2) is 9.37 Å². The maximum absolute atomic E-state index is 13.5. The third kappa shape index (κ3) is 2.62. The maximum Gasteiger partial charge on any atom is 0.255 e. The van der Waals surface area contributed by atoms with Gasteiger partial charge in [0.1, 0.15) is 0 Å². The number of carbonyl (C=O) groups excluding carboxylic acids is 1. The molecular weight excluding hydrogens is 262 g/mol. The Morgan fingerprint density at radius 3 is 2.78 bits per heavy atom. The van der Waals surface area contributed by atoms with E-state index in [0.29, 0.717) is 0 Å². The number of anilines is 1. The van der Waals surface area contributed by atoms with Gasteiger partial charge in [-0.05, 0) is 18.2 Å². The van der Waals surface area contributed by atoms with Gasteiger partial charge in [0.2, 0.25) is 5.95 Å². The molecule has 0 aliphatic carbocycles. The molecule has 1 aromatic carbocycles. The summed E-state index contributed by atoms with van der Waals surface area (Å²) in [7, 11) is 0. The lowest BCUT2D eigenvalue weighted by atomic mass is 10.2. The number of carbonyl (C=O) groups is 1. The molecule has 0 saturated heterocycles. The Kier molecular flexibility index (Phi) is 3.53. The molecule has 1 amide bonds. The second-order valence-electron chi connectivity index (χ2n) is 3.42. The van der Waals surface area contributed by atoms with E-state index in [2.05, 4.69) is 10.3 Å². The van der Waals surface area contributed by atoms with Gasteiger partial charge in [-0.15, -0.1) is 0 Å². The van der Waals surface area contributed by atoms with E-state index in [1.54, 1.807) is 0 Å². The van der Waals surface area contributed by atoms with Crippen LogP contribution in [0.1, 0.15) is 10.4 Å². The molecule has 6 heteroatoms. The summed E-state index contributed by atoms with van der Waals surface area (Å²) in [5, 5.41) is 2.20. The van der Waals surface area contributed by atoms with E-state index in [-0.39, 0.29) is 16.3 Å². The zero-order chi connectivity index (χ0) is 13.1. The molecule has 0 atom stereocenters. The minimum absolute atomic E-state index is 0.0434. The molecule has 0 aliphatic rings. The fraction of sp³-hybridized carbons (Fsp3) is 0. The smallest absolute Gasteiger partial charge is 0.255 e. The second-order valence-corrected chi connectivity index (χ2v) is 3.83. The lowest BCUT2D eigenvalue weighted by molar-refractivity contribution is 0.102. The summed E-state index contributed by atoms with van der Waals surface area (Å²) in [6.07, 6.45) is 1.15. The van der Waals surface area contributed by atoms with Crippen molar-refractivity contribution in [1.82, 2.24) is 4.98 Å².